The van der Waals surface area contributed by atoms with Crippen LogP contribution in [0.15, 0.2) is 30.6 Å². The van der Waals surface area contributed by atoms with Crippen molar-refractivity contribution in [1.82, 2.24) is 24.6 Å². The maximum Gasteiger partial charge on any atom is 0.244 e. The molecule has 1 amide bonds. The number of aromatic nitrogens is 4. The van der Waals surface area contributed by atoms with E-state index in [0.29, 0.717) is 59.1 Å². The zero-order valence-electron chi connectivity index (χ0n) is 21.3. The summed E-state index contributed by atoms with van der Waals surface area (Å²) < 4.78 is 22.8. The largest absolute Gasteiger partial charge is 0.474 e. The smallest absolute Gasteiger partial charge is 0.244 e. The summed E-state index contributed by atoms with van der Waals surface area (Å²) in [4.78, 5) is 23.3. The highest BCUT2D eigenvalue weighted by molar-refractivity contribution is 6.36. The minimum absolute atomic E-state index is 0.000181. The molecule has 4 aromatic rings. The number of rotatable bonds is 4. The van der Waals surface area contributed by atoms with Crippen molar-refractivity contribution in [1.29, 1.82) is 0 Å². The molecule has 0 bridgehead atoms. The minimum Gasteiger partial charge on any atom is -0.474 e. The first-order valence-electron chi connectivity index (χ1n) is 12.6. The molecule has 1 aromatic carbocycles. The van der Waals surface area contributed by atoms with E-state index in [1.54, 1.807) is 23.1 Å². The summed E-state index contributed by atoms with van der Waals surface area (Å²) in [5, 5.41) is 12.3. The number of nitrogens with one attached hydrogen (secondary N) is 2. The van der Waals surface area contributed by atoms with E-state index in [0.717, 1.165) is 23.4 Å². The Labute approximate surface area is 224 Å². The molecule has 5 heterocycles. The first-order valence-corrected chi connectivity index (χ1v) is 13.0. The number of halogens is 2. The molecule has 0 radical (unpaired) electrons. The lowest BCUT2D eigenvalue weighted by Crippen LogP contribution is -2.38. The zero-order chi connectivity index (χ0) is 26.6. The molecule has 9 nitrogen and oxygen atoms in total. The van der Waals surface area contributed by atoms with Crippen molar-refractivity contribution >= 4 is 45.6 Å². The van der Waals surface area contributed by atoms with Gasteiger partial charge in [-0.2, -0.15) is 5.10 Å². The predicted octanol–water partition coefficient (Wildman–Crippen LogP) is 4.94. The van der Waals surface area contributed by atoms with Crippen LogP contribution in [0.2, 0.25) is 5.02 Å². The third-order valence-electron chi connectivity index (χ3n) is 7.10. The molecule has 2 aliphatic heterocycles. The fourth-order valence-electron chi connectivity index (χ4n) is 5.10. The second-order valence-corrected chi connectivity index (χ2v) is 10.2. The molecule has 2 aliphatic rings. The standard InChI is InChI=1S/C27H27ClFN7O2/c1-14(2)35-6-4-17-10-22(34-36(17)13-23(35)37)33-21-9-16-8-18(25(29)24(28)20(16)12-31-21)19-11-32-27-26(15(19)3)30-5-7-38-27/h8-12,14,30H,4-7,13H2,1-3H3,(H,31,33,34). The Kier molecular flexibility index (Phi) is 6.06. The fraction of sp³-hybridized carbons (Fsp3) is 0.333. The van der Waals surface area contributed by atoms with Crippen LogP contribution in [0.5, 0.6) is 5.88 Å². The molecule has 0 unspecified atom stereocenters. The van der Waals surface area contributed by atoms with Crippen molar-refractivity contribution in [2.24, 2.45) is 0 Å². The van der Waals surface area contributed by atoms with Crippen molar-refractivity contribution in [3.63, 3.8) is 0 Å². The number of amides is 1. The van der Waals surface area contributed by atoms with E-state index in [4.69, 9.17) is 16.3 Å². The lowest BCUT2D eigenvalue weighted by Gasteiger charge is -2.24. The van der Waals surface area contributed by atoms with Crippen molar-refractivity contribution in [3.8, 4) is 17.0 Å². The number of hydrogen-bond acceptors (Lipinski definition) is 7. The Balaban J connectivity index is 1.33. The Morgan fingerprint density at radius 2 is 2.00 bits per heavy atom. The highest BCUT2D eigenvalue weighted by atomic mass is 35.5. The summed E-state index contributed by atoms with van der Waals surface area (Å²) >= 11 is 6.47. The van der Waals surface area contributed by atoms with Gasteiger partial charge in [-0.1, -0.05) is 11.6 Å². The fourth-order valence-corrected chi connectivity index (χ4v) is 5.36. The molecule has 2 N–H and O–H groups in total. The lowest BCUT2D eigenvalue weighted by atomic mass is 9.98. The number of pyridine rings is 2. The second-order valence-electron chi connectivity index (χ2n) is 9.83. The maximum absolute atomic E-state index is 15.5. The second kappa shape index (κ2) is 9.43. The van der Waals surface area contributed by atoms with Gasteiger partial charge in [-0.25, -0.2) is 14.4 Å². The number of hydrogen-bond donors (Lipinski definition) is 2. The molecule has 0 atom stereocenters. The van der Waals surface area contributed by atoms with E-state index < -0.39 is 5.82 Å². The summed E-state index contributed by atoms with van der Waals surface area (Å²) in [5.74, 6) is 1.16. The SMILES string of the molecule is Cc1c(-c2cc3cc(Nc4cc5n(n4)CC(=O)N(C(C)C)CC5)ncc3c(Cl)c2F)cnc2c1NCCO2. The number of benzene rings is 1. The number of fused-ring (bicyclic) bond motifs is 3. The number of ether oxygens (including phenoxy) is 1. The topological polar surface area (TPSA) is 97.2 Å². The van der Waals surface area contributed by atoms with Crippen molar-refractivity contribution in [2.75, 3.05) is 30.3 Å². The van der Waals surface area contributed by atoms with Gasteiger partial charge >= 0.3 is 0 Å². The molecule has 0 aliphatic carbocycles. The maximum atomic E-state index is 15.5. The zero-order valence-corrected chi connectivity index (χ0v) is 22.1. The van der Waals surface area contributed by atoms with Gasteiger partial charge in [0.1, 0.15) is 30.5 Å². The number of anilines is 3. The number of nitrogens with zero attached hydrogens (tertiary/aromatic N) is 5. The van der Waals surface area contributed by atoms with Gasteiger partial charge in [0.15, 0.2) is 5.82 Å². The van der Waals surface area contributed by atoms with E-state index in [-0.39, 0.29) is 23.5 Å². The van der Waals surface area contributed by atoms with Gasteiger partial charge in [0.05, 0.1) is 5.02 Å². The predicted molar refractivity (Wildman–Crippen MR) is 145 cm³/mol. The Morgan fingerprint density at radius 3 is 2.82 bits per heavy atom. The lowest BCUT2D eigenvalue weighted by molar-refractivity contribution is -0.133. The third-order valence-corrected chi connectivity index (χ3v) is 7.46. The normalized spacial score (nSPS) is 15.1. The van der Waals surface area contributed by atoms with Crippen LogP contribution in [0.25, 0.3) is 21.9 Å². The number of carbonyl (C=O) groups excluding carboxylic acids is 1. The number of carbonyl (C=O) groups is 1. The first kappa shape index (κ1) is 24.4. The van der Waals surface area contributed by atoms with Gasteiger partial charge in [-0.05, 0) is 43.9 Å². The van der Waals surface area contributed by atoms with Crippen LogP contribution in [-0.2, 0) is 17.8 Å². The molecule has 0 spiro atoms. The van der Waals surface area contributed by atoms with Gasteiger partial charge < -0.3 is 20.3 Å². The van der Waals surface area contributed by atoms with Crippen LogP contribution in [0, 0.1) is 12.7 Å². The van der Waals surface area contributed by atoms with E-state index >= 15 is 4.39 Å². The average Bonchev–Trinajstić information content (AvgIpc) is 3.19. The quantitative estimate of drug-likeness (QED) is 0.382. The molecule has 38 heavy (non-hydrogen) atoms. The van der Waals surface area contributed by atoms with Crippen molar-refractivity contribution in [2.45, 2.75) is 39.8 Å². The molecule has 3 aromatic heterocycles. The van der Waals surface area contributed by atoms with Crippen LogP contribution in [0.1, 0.15) is 25.1 Å². The van der Waals surface area contributed by atoms with Gasteiger partial charge in [0.2, 0.25) is 11.8 Å². The summed E-state index contributed by atoms with van der Waals surface area (Å²) in [6.07, 6.45) is 3.88. The van der Waals surface area contributed by atoms with Crippen LogP contribution >= 0.6 is 11.6 Å². The average molecular weight is 536 g/mol. The molecular weight excluding hydrogens is 509 g/mol. The van der Waals surface area contributed by atoms with Crippen LogP contribution in [0.3, 0.4) is 0 Å². The molecule has 196 valence electrons. The summed E-state index contributed by atoms with van der Waals surface area (Å²) in [7, 11) is 0. The Hall–Kier alpha value is -3.92. The van der Waals surface area contributed by atoms with E-state index in [1.165, 1.54) is 0 Å². The molecule has 0 saturated carbocycles. The van der Waals surface area contributed by atoms with Crippen molar-refractivity contribution < 1.29 is 13.9 Å². The van der Waals surface area contributed by atoms with Crippen LogP contribution in [0.4, 0.5) is 21.7 Å². The van der Waals surface area contributed by atoms with Gasteiger partial charge in [-0.3, -0.25) is 9.48 Å². The van der Waals surface area contributed by atoms with E-state index in [1.807, 2.05) is 37.8 Å². The molecule has 11 heteroatoms. The molecular formula is C27H27ClFN7O2. The monoisotopic (exact) mass is 535 g/mol. The van der Waals surface area contributed by atoms with E-state index in [2.05, 4.69) is 25.7 Å². The molecule has 6 rings (SSSR count). The Morgan fingerprint density at radius 1 is 1.16 bits per heavy atom. The highest BCUT2D eigenvalue weighted by Gasteiger charge is 2.24. The van der Waals surface area contributed by atoms with Gasteiger partial charge in [0, 0.05) is 66.2 Å². The molecule has 0 saturated heterocycles. The summed E-state index contributed by atoms with van der Waals surface area (Å²) in [6.45, 7) is 7.98. The molecule has 0 fully saturated rings. The minimum atomic E-state index is -0.527. The van der Waals surface area contributed by atoms with E-state index in [9.17, 15) is 4.79 Å². The summed E-state index contributed by atoms with van der Waals surface area (Å²) in [6, 6.07) is 5.65. The van der Waals surface area contributed by atoms with Gasteiger partial charge in [0.25, 0.3) is 0 Å². The summed E-state index contributed by atoms with van der Waals surface area (Å²) in [5.41, 5.74) is 3.55. The van der Waals surface area contributed by atoms with Crippen molar-refractivity contribution in [3.05, 3.63) is 52.7 Å². The highest BCUT2D eigenvalue weighted by Crippen LogP contribution is 2.40. The third kappa shape index (κ3) is 4.18. The van der Waals surface area contributed by atoms with Crippen LogP contribution in [-0.4, -0.2) is 56.3 Å². The first-order chi connectivity index (χ1) is 18.3. The van der Waals surface area contributed by atoms with Gasteiger partial charge in [-0.15, -0.1) is 0 Å². The van der Waals surface area contributed by atoms with Crippen LogP contribution < -0.4 is 15.4 Å². The Bertz CT molecular complexity index is 1590.